The summed E-state index contributed by atoms with van der Waals surface area (Å²) in [4.78, 5) is 11.0. The van der Waals surface area contributed by atoms with Gasteiger partial charge >= 0.3 is 0 Å². The molecule has 3 atom stereocenters. The molecule has 2 aliphatic rings. The van der Waals surface area contributed by atoms with Crippen LogP contribution in [0.3, 0.4) is 0 Å². The second-order valence-corrected chi connectivity index (χ2v) is 4.22. The highest BCUT2D eigenvalue weighted by atomic mass is 35.5. The van der Waals surface area contributed by atoms with Crippen LogP contribution in [0.25, 0.3) is 0 Å². The molecule has 0 aliphatic heterocycles. The van der Waals surface area contributed by atoms with E-state index in [0.29, 0.717) is 5.92 Å². The first-order valence-corrected chi connectivity index (χ1v) is 4.86. The van der Waals surface area contributed by atoms with E-state index in [0.717, 1.165) is 12.3 Å². The minimum absolute atomic E-state index is 0.0839. The molecule has 62 valence electrons. The molecule has 2 fully saturated rings. The lowest BCUT2D eigenvalue weighted by molar-refractivity contribution is -0.116. The molecule has 2 heteroatoms. The third-order valence-corrected chi connectivity index (χ3v) is 3.65. The molecule has 0 unspecified atom stereocenters. The van der Waals surface area contributed by atoms with E-state index in [9.17, 15) is 4.79 Å². The zero-order valence-electron chi connectivity index (χ0n) is 6.55. The van der Waals surface area contributed by atoms with E-state index >= 15 is 0 Å². The standard InChI is InChI=1S/C9H13ClO/c10-9(11)8-5-4-6-2-1-3-7(6)8/h6-8H,1-5H2/t6-,7-,8+/m0/s1. The Hall–Kier alpha value is -0.0400. The summed E-state index contributed by atoms with van der Waals surface area (Å²) < 4.78 is 0. The Morgan fingerprint density at radius 2 is 2.00 bits per heavy atom. The summed E-state index contributed by atoms with van der Waals surface area (Å²) in [7, 11) is 0. The summed E-state index contributed by atoms with van der Waals surface area (Å²) in [6.45, 7) is 0. The molecule has 2 rings (SSSR count). The average Bonchev–Trinajstić information content (AvgIpc) is 2.41. The van der Waals surface area contributed by atoms with Crippen LogP contribution in [0.5, 0.6) is 0 Å². The zero-order valence-corrected chi connectivity index (χ0v) is 7.31. The summed E-state index contributed by atoms with van der Waals surface area (Å²) >= 11 is 5.51. The molecule has 0 N–H and O–H groups in total. The number of hydrogen-bond donors (Lipinski definition) is 0. The normalized spacial score (nSPS) is 42.5. The van der Waals surface area contributed by atoms with Gasteiger partial charge in [-0.05, 0) is 42.7 Å². The van der Waals surface area contributed by atoms with Crippen LogP contribution in [0, 0.1) is 17.8 Å². The smallest absolute Gasteiger partial charge is 0.225 e. The minimum atomic E-state index is -0.0839. The molecule has 0 amide bonds. The van der Waals surface area contributed by atoms with Gasteiger partial charge in [0, 0.05) is 5.92 Å². The average molecular weight is 173 g/mol. The lowest BCUT2D eigenvalue weighted by atomic mass is 9.93. The number of hydrogen-bond acceptors (Lipinski definition) is 1. The Morgan fingerprint density at radius 1 is 1.18 bits per heavy atom. The topological polar surface area (TPSA) is 17.1 Å². The van der Waals surface area contributed by atoms with E-state index in [2.05, 4.69) is 0 Å². The lowest BCUT2D eigenvalue weighted by Crippen LogP contribution is -2.14. The molecule has 0 aromatic rings. The quantitative estimate of drug-likeness (QED) is 0.556. The Kier molecular flexibility index (Phi) is 1.92. The van der Waals surface area contributed by atoms with Crippen LogP contribution >= 0.6 is 11.6 Å². The summed E-state index contributed by atoms with van der Waals surface area (Å²) in [5.74, 6) is 1.70. The van der Waals surface area contributed by atoms with E-state index in [1.165, 1.54) is 25.7 Å². The van der Waals surface area contributed by atoms with Crippen LogP contribution in [-0.4, -0.2) is 5.24 Å². The van der Waals surface area contributed by atoms with Crippen molar-refractivity contribution in [1.82, 2.24) is 0 Å². The molecule has 0 spiro atoms. The van der Waals surface area contributed by atoms with Crippen LogP contribution in [-0.2, 0) is 4.79 Å². The third-order valence-electron chi connectivity index (χ3n) is 3.37. The molecule has 0 aromatic heterocycles. The Bertz CT molecular complexity index is 178. The minimum Gasteiger partial charge on any atom is -0.281 e. The number of carbonyl (C=O) groups excluding carboxylic acids is 1. The van der Waals surface area contributed by atoms with Crippen molar-refractivity contribution < 1.29 is 4.79 Å². The van der Waals surface area contributed by atoms with Crippen LogP contribution < -0.4 is 0 Å². The highest BCUT2D eigenvalue weighted by Crippen LogP contribution is 2.48. The van der Waals surface area contributed by atoms with Gasteiger partial charge in [-0.3, -0.25) is 4.79 Å². The van der Waals surface area contributed by atoms with Gasteiger partial charge in [-0.25, -0.2) is 0 Å². The van der Waals surface area contributed by atoms with Crippen molar-refractivity contribution in [3.63, 3.8) is 0 Å². The molecular weight excluding hydrogens is 160 g/mol. The van der Waals surface area contributed by atoms with Crippen molar-refractivity contribution >= 4 is 16.8 Å². The molecule has 0 bridgehead atoms. The third kappa shape index (κ3) is 1.20. The van der Waals surface area contributed by atoms with Crippen LogP contribution in [0.4, 0.5) is 0 Å². The SMILES string of the molecule is O=C(Cl)[C@@H]1CC[C@@H]2CCC[C@@H]21. The molecule has 0 aromatic carbocycles. The van der Waals surface area contributed by atoms with E-state index in [1.807, 2.05) is 0 Å². The van der Waals surface area contributed by atoms with Crippen LogP contribution in [0.2, 0.25) is 0 Å². The maximum atomic E-state index is 11.0. The highest BCUT2D eigenvalue weighted by Gasteiger charge is 2.41. The van der Waals surface area contributed by atoms with Crippen LogP contribution in [0.15, 0.2) is 0 Å². The van der Waals surface area contributed by atoms with E-state index in [1.54, 1.807) is 0 Å². The van der Waals surface area contributed by atoms with Gasteiger partial charge in [0.2, 0.25) is 5.24 Å². The number of carbonyl (C=O) groups is 1. The lowest BCUT2D eigenvalue weighted by Gasteiger charge is -2.13. The second kappa shape index (κ2) is 2.78. The largest absolute Gasteiger partial charge is 0.281 e. The van der Waals surface area contributed by atoms with E-state index in [-0.39, 0.29) is 11.2 Å². The summed E-state index contributed by atoms with van der Waals surface area (Å²) in [6.07, 6.45) is 6.20. The fourth-order valence-corrected chi connectivity index (χ4v) is 3.11. The van der Waals surface area contributed by atoms with Gasteiger partial charge in [0.05, 0.1) is 0 Å². The first-order chi connectivity index (χ1) is 5.29. The van der Waals surface area contributed by atoms with Gasteiger partial charge in [-0.1, -0.05) is 12.8 Å². The number of rotatable bonds is 1. The van der Waals surface area contributed by atoms with Gasteiger partial charge in [0.25, 0.3) is 0 Å². The van der Waals surface area contributed by atoms with Gasteiger partial charge < -0.3 is 0 Å². The molecule has 0 saturated heterocycles. The molecule has 11 heavy (non-hydrogen) atoms. The zero-order chi connectivity index (χ0) is 7.84. The van der Waals surface area contributed by atoms with Gasteiger partial charge in [-0.15, -0.1) is 0 Å². The van der Waals surface area contributed by atoms with E-state index in [4.69, 9.17) is 11.6 Å². The van der Waals surface area contributed by atoms with Gasteiger partial charge in [-0.2, -0.15) is 0 Å². The van der Waals surface area contributed by atoms with Crippen molar-refractivity contribution in [1.29, 1.82) is 0 Å². The Labute approximate surface area is 72.1 Å². The summed E-state index contributed by atoms with van der Waals surface area (Å²) in [6, 6.07) is 0. The maximum Gasteiger partial charge on any atom is 0.225 e. The highest BCUT2D eigenvalue weighted by molar-refractivity contribution is 6.64. The van der Waals surface area contributed by atoms with Crippen molar-refractivity contribution in [2.45, 2.75) is 32.1 Å². The fraction of sp³-hybridized carbons (Fsp3) is 0.889. The molecule has 0 radical (unpaired) electrons. The first kappa shape index (κ1) is 7.60. The fourth-order valence-electron chi connectivity index (χ4n) is 2.84. The molecule has 1 nitrogen and oxygen atoms in total. The number of fused-ring (bicyclic) bond motifs is 1. The monoisotopic (exact) mass is 172 g/mol. The molecule has 0 heterocycles. The predicted octanol–water partition coefficient (Wildman–Crippen LogP) is 2.58. The maximum absolute atomic E-state index is 11.0. The van der Waals surface area contributed by atoms with Crippen molar-refractivity contribution in [3.05, 3.63) is 0 Å². The Morgan fingerprint density at radius 3 is 2.73 bits per heavy atom. The van der Waals surface area contributed by atoms with Crippen molar-refractivity contribution in [2.75, 3.05) is 0 Å². The molecule has 2 saturated carbocycles. The first-order valence-electron chi connectivity index (χ1n) is 4.48. The molecule has 2 aliphatic carbocycles. The molecular formula is C9H13ClO. The second-order valence-electron chi connectivity index (χ2n) is 3.84. The predicted molar refractivity (Wildman–Crippen MR) is 44.4 cm³/mol. The van der Waals surface area contributed by atoms with Gasteiger partial charge in [0.15, 0.2) is 0 Å². The summed E-state index contributed by atoms with van der Waals surface area (Å²) in [5, 5.41) is -0.0839. The van der Waals surface area contributed by atoms with Gasteiger partial charge in [0.1, 0.15) is 0 Å². The number of halogens is 1. The van der Waals surface area contributed by atoms with E-state index < -0.39 is 0 Å². The van der Waals surface area contributed by atoms with Crippen molar-refractivity contribution in [3.8, 4) is 0 Å². The summed E-state index contributed by atoms with van der Waals surface area (Å²) in [5.41, 5.74) is 0. The Balaban J connectivity index is 2.08. The van der Waals surface area contributed by atoms with Crippen molar-refractivity contribution in [2.24, 2.45) is 17.8 Å². The van der Waals surface area contributed by atoms with Crippen LogP contribution in [0.1, 0.15) is 32.1 Å².